The van der Waals surface area contributed by atoms with Crippen LogP contribution in [0, 0.1) is 13.8 Å². The first-order valence-corrected chi connectivity index (χ1v) is 8.45. The Morgan fingerprint density at radius 2 is 2.05 bits per heavy atom. The third kappa shape index (κ3) is 2.75. The van der Waals surface area contributed by atoms with Crippen LogP contribution in [0.15, 0.2) is 22.5 Å². The topological polar surface area (TPSA) is 51.8 Å². The van der Waals surface area contributed by atoms with Gasteiger partial charge in [0.15, 0.2) is 4.34 Å². The maximum absolute atomic E-state index is 5.78. The third-order valence-corrected chi connectivity index (χ3v) is 6.21. The van der Waals surface area contributed by atoms with Crippen molar-refractivity contribution in [3.63, 3.8) is 0 Å². The Morgan fingerprint density at radius 1 is 1.21 bits per heavy atom. The monoisotopic (exact) mass is 307 g/mol. The van der Waals surface area contributed by atoms with Crippen molar-refractivity contribution in [1.29, 1.82) is 0 Å². The van der Waals surface area contributed by atoms with E-state index < -0.39 is 0 Å². The van der Waals surface area contributed by atoms with Gasteiger partial charge < -0.3 is 5.73 Å². The predicted octanol–water partition coefficient (Wildman–Crippen LogP) is 4.24. The number of rotatable bonds is 3. The van der Waals surface area contributed by atoms with Crippen molar-refractivity contribution in [3.8, 4) is 0 Å². The number of nitrogens with two attached hydrogens (primary N) is 1. The molecule has 3 nitrogen and oxygen atoms in total. The van der Waals surface area contributed by atoms with Crippen molar-refractivity contribution < 1.29 is 0 Å². The molecule has 3 rings (SSSR count). The molecule has 2 aromatic heterocycles. The van der Waals surface area contributed by atoms with E-state index in [1.165, 1.54) is 9.88 Å². The van der Waals surface area contributed by atoms with E-state index in [1.807, 2.05) is 18.2 Å². The summed E-state index contributed by atoms with van der Waals surface area (Å²) >= 11 is 5.20. The van der Waals surface area contributed by atoms with Crippen LogP contribution in [0.1, 0.15) is 15.6 Å². The first-order valence-electron chi connectivity index (χ1n) is 5.83. The number of thiazole rings is 2. The van der Waals surface area contributed by atoms with Gasteiger partial charge in [0.2, 0.25) is 0 Å². The molecule has 1 aromatic carbocycles. The highest BCUT2D eigenvalue weighted by molar-refractivity contribution is 8.00. The van der Waals surface area contributed by atoms with Gasteiger partial charge in [0, 0.05) is 10.6 Å². The van der Waals surface area contributed by atoms with E-state index in [4.69, 9.17) is 5.73 Å². The lowest BCUT2D eigenvalue weighted by atomic mass is 10.3. The van der Waals surface area contributed by atoms with Gasteiger partial charge in [-0.3, -0.25) is 0 Å². The molecular formula is C13H13N3S3. The third-order valence-electron chi connectivity index (χ3n) is 2.78. The van der Waals surface area contributed by atoms with Crippen molar-refractivity contribution in [3.05, 3.63) is 33.8 Å². The molecule has 0 radical (unpaired) electrons. The number of benzene rings is 1. The van der Waals surface area contributed by atoms with Crippen molar-refractivity contribution >= 4 is 50.3 Å². The van der Waals surface area contributed by atoms with Gasteiger partial charge in [-0.1, -0.05) is 11.8 Å². The fourth-order valence-electron chi connectivity index (χ4n) is 1.71. The summed E-state index contributed by atoms with van der Waals surface area (Å²) in [5.74, 6) is 0.884. The number of nitrogen functional groups attached to an aromatic ring is 1. The summed E-state index contributed by atoms with van der Waals surface area (Å²) in [6, 6.07) is 5.85. The highest BCUT2D eigenvalue weighted by atomic mass is 32.2. The Bertz CT molecular complexity index is 710. The van der Waals surface area contributed by atoms with Crippen LogP contribution in [-0.4, -0.2) is 9.97 Å². The van der Waals surface area contributed by atoms with Gasteiger partial charge in [0.1, 0.15) is 5.01 Å². The molecule has 0 bridgehead atoms. The number of fused-ring (bicyclic) bond motifs is 1. The van der Waals surface area contributed by atoms with E-state index in [-0.39, 0.29) is 0 Å². The maximum atomic E-state index is 5.78. The van der Waals surface area contributed by atoms with Crippen molar-refractivity contribution in [2.24, 2.45) is 0 Å². The van der Waals surface area contributed by atoms with Crippen molar-refractivity contribution in [2.75, 3.05) is 5.73 Å². The molecule has 0 aliphatic carbocycles. The summed E-state index contributed by atoms with van der Waals surface area (Å²) in [6.07, 6.45) is 0. The highest BCUT2D eigenvalue weighted by Gasteiger charge is 2.08. The minimum atomic E-state index is 0.791. The highest BCUT2D eigenvalue weighted by Crippen LogP contribution is 2.33. The van der Waals surface area contributed by atoms with Gasteiger partial charge in [-0.05, 0) is 32.0 Å². The van der Waals surface area contributed by atoms with Crippen molar-refractivity contribution in [2.45, 2.75) is 23.9 Å². The number of aromatic nitrogens is 2. The van der Waals surface area contributed by atoms with Gasteiger partial charge in [0.25, 0.3) is 0 Å². The molecule has 0 amide bonds. The fourth-order valence-corrected chi connectivity index (χ4v) is 4.75. The molecule has 0 unspecified atom stereocenters. The second-order valence-corrected chi connectivity index (χ2v) is 7.79. The Morgan fingerprint density at radius 3 is 2.79 bits per heavy atom. The van der Waals surface area contributed by atoms with Gasteiger partial charge in [-0.25, -0.2) is 9.97 Å². The maximum Gasteiger partial charge on any atom is 0.151 e. The van der Waals surface area contributed by atoms with Gasteiger partial charge in [-0.15, -0.1) is 22.7 Å². The summed E-state index contributed by atoms with van der Waals surface area (Å²) in [6.45, 7) is 4.17. The molecule has 6 heteroatoms. The van der Waals surface area contributed by atoms with Gasteiger partial charge in [0.05, 0.1) is 21.7 Å². The number of nitrogens with zero attached hydrogens (tertiary/aromatic N) is 2. The fraction of sp³-hybridized carbons (Fsp3) is 0.231. The molecule has 19 heavy (non-hydrogen) atoms. The van der Waals surface area contributed by atoms with E-state index in [1.54, 1.807) is 34.4 Å². The lowest BCUT2D eigenvalue weighted by molar-refractivity contribution is 1.16. The van der Waals surface area contributed by atoms with Crippen LogP contribution < -0.4 is 5.73 Å². The molecule has 0 fully saturated rings. The minimum Gasteiger partial charge on any atom is -0.399 e. The van der Waals surface area contributed by atoms with Gasteiger partial charge in [-0.2, -0.15) is 0 Å². The standard InChI is InChI=1S/C13H13N3S3/c1-7-8(2)18-12(15-7)6-17-13-16-10-4-3-9(14)5-11(10)19-13/h3-5H,6,14H2,1-2H3. The van der Waals surface area contributed by atoms with Gasteiger partial charge >= 0.3 is 0 Å². The minimum absolute atomic E-state index is 0.791. The second kappa shape index (κ2) is 5.11. The Hall–Kier alpha value is -1.11. The average Bonchev–Trinajstić information content (AvgIpc) is 2.90. The Labute approximate surface area is 123 Å². The van der Waals surface area contributed by atoms with Crippen LogP contribution in [0.25, 0.3) is 10.2 Å². The molecule has 0 saturated carbocycles. The zero-order chi connectivity index (χ0) is 13.4. The zero-order valence-electron chi connectivity index (χ0n) is 10.6. The number of thioether (sulfide) groups is 1. The van der Waals surface area contributed by atoms with Crippen LogP contribution in [0.5, 0.6) is 0 Å². The lowest BCUT2D eigenvalue weighted by Crippen LogP contribution is -1.81. The molecule has 0 atom stereocenters. The number of hydrogen-bond donors (Lipinski definition) is 1. The predicted molar refractivity (Wildman–Crippen MR) is 85.2 cm³/mol. The quantitative estimate of drug-likeness (QED) is 0.581. The van der Waals surface area contributed by atoms with E-state index in [0.717, 1.165) is 31.7 Å². The van der Waals surface area contributed by atoms with Crippen LogP contribution in [0.3, 0.4) is 0 Å². The van der Waals surface area contributed by atoms with E-state index in [0.29, 0.717) is 0 Å². The lowest BCUT2D eigenvalue weighted by Gasteiger charge is -1.91. The smallest absolute Gasteiger partial charge is 0.151 e. The normalized spacial score (nSPS) is 11.3. The largest absolute Gasteiger partial charge is 0.399 e. The second-order valence-electron chi connectivity index (χ2n) is 4.24. The summed E-state index contributed by atoms with van der Waals surface area (Å²) in [4.78, 5) is 10.4. The molecule has 0 spiro atoms. The molecular weight excluding hydrogens is 294 g/mol. The first-order chi connectivity index (χ1) is 9.11. The number of anilines is 1. The summed E-state index contributed by atoms with van der Waals surface area (Å²) in [5, 5.41) is 1.17. The summed E-state index contributed by atoms with van der Waals surface area (Å²) in [5.41, 5.74) is 8.73. The molecule has 2 heterocycles. The SMILES string of the molecule is Cc1nc(CSc2nc3ccc(N)cc3s2)sc1C. The van der Waals surface area contributed by atoms with E-state index in [9.17, 15) is 0 Å². The Kier molecular flexibility index (Phi) is 3.47. The average molecular weight is 307 g/mol. The van der Waals surface area contributed by atoms with Crippen LogP contribution in [-0.2, 0) is 5.75 Å². The number of aryl methyl sites for hydroxylation is 2. The van der Waals surface area contributed by atoms with Crippen LogP contribution in [0.2, 0.25) is 0 Å². The first kappa shape index (κ1) is 12.9. The molecule has 0 saturated heterocycles. The molecule has 3 aromatic rings. The van der Waals surface area contributed by atoms with E-state index >= 15 is 0 Å². The molecule has 0 aliphatic heterocycles. The Balaban J connectivity index is 1.78. The van der Waals surface area contributed by atoms with E-state index in [2.05, 4.69) is 23.8 Å². The molecule has 2 N–H and O–H groups in total. The van der Waals surface area contributed by atoms with Crippen LogP contribution >= 0.6 is 34.4 Å². The molecule has 0 aliphatic rings. The summed E-state index contributed by atoms with van der Waals surface area (Å²) < 4.78 is 2.22. The number of hydrogen-bond acceptors (Lipinski definition) is 6. The van der Waals surface area contributed by atoms with Crippen LogP contribution in [0.4, 0.5) is 5.69 Å². The summed E-state index contributed by atoms with van der Waals surface area (Å²) in [7, 11) is 0. The zero-order valence-corrected chi connectivity index (χ0v) is 13.1. The van der Waals surface area contributed by atoms with Crippen molar-refractivity contribution in [1.82, 2.24) is 9.97 Å². The molecule has 98 valence electrons.